The predicted molar refractivity (Wildman–Crippen MR) is 134 cm³/mol. The number of fused-ring (bicyclic) bond motifs is 3. The summed E-state index contributed by atoms with van der Waals surface area (Å²) in [5.74, 6) is -4.58. The molecular weight excluding hydrogens is 574 g/mol. The summed E-state index contributed by atoms with van der Waals surface area (Å²) in [6, 6.07) is 9.30. The molecule has 6 rings (SSSR count). The summed E-state index contributed by atoms with van der Waals surface area (Å²) in [7, 11) is 0. The third-order valence-corrected chi connectivity index (χ3v) is 7.61. The SMILES string of the molecule is O=C1CCC(N2C(=O)c3cc(Br)c(CNC(=O)c4cc5c(o4)C(=O)c4ccccc4C5=O)cc3C2=O)C(=O)N1. The molecule has 11 nitrogen and oxygen atoms in total. The van der Waals surface area contributed by atoms with Crippen molar-refractivity contribution in [3.05, 3.63) is 91.8 Å². The van der Waals surface area contributed by atoms with Crippen LogP contribution in [0.4, 0.5) is 0 Å². The van der Waals surface area contributed by atoms with Crippen LogP contribution in [0.1, 0.15) is 81.7 Å². The number of ketones is 2. The summed E-state index contributed by atoms with van der Waals surface area (Å²) in [6.07, 6.45) is 0.0354. The normalized spacial score (nSPS) is 18.1. The van der Waals surface area contributed by atoms with Crippen molar-refractivity contribution in [2.45, 2.75) is 25.4 Å². The van der Waals surface area contributed by atoms with Crippen LogP contribution in [-0.4, -0.2) is 52.0 Å². The van der Waals surface area contributed by atoms with Crippen LogP contribution in [0, 0.1) is 0 Å². The lowest BCUT2D eigenvalue weighted by atomic mass is 9.89. The fourth-order valence-electron chi connectivity index (χ4n) is 4.92. The fraction of sp³-hybridized carbons (Fsp3) is 0.148. The van der Waals surface area contributed by atoms with Crippen LogP contribution < -0.4 is 10.6 Å². The number of imide groups is 2. The number of nitrogens with zero attached hydrogens (tertiary/aromatic N) is 1. The molecule has 1 aliphatic carbocycles. The standard InChI is InChI=1S/C27H16BrN3O8/c28-17-8-15-14(26(37)31(27(15)38)18-5-6-20(32)30-24(18)35)7-11(17)10-29-25(36)19-9-16-21(33)12-3-1-2-4-13(12)22(34)23(16)39-19/h1-4,7-9,18H,5-6,10H2,(H,29,36)(H,30,32,35). The zero-order valence-corrected chi connectivity index (χ0v) is 21.4. The van der Waals surface area contributed by atoms with Crippen LogP contribution in [0.2, 0.25) is 0 Å². The molecule has 0 saturated carbocycles. The number of carbonyl (C=O) groups excluding carboxylic acids is 7. The molecule has 0 radical (unpaired) electrons. The van der Waals surface area contributed by atoms with Crippen molar-refractivity contribution in [2.24, 2.45) is 0 Å². The molecule has 0 spiro atoms. The molecule has 5 amide bonds. The highest BCUT2D eigenvalue weighted by Gasteiger charge is 2.45. The maximum Gasteiger partial charge on any atom is 0.287 e. The van der Waals surface area contributed by atoms with Crippen LogP contribution in [0.15, 0.2) is 51.4 Å². The number of carbonyl (C=O) groups is 7. The zero-order valence-electron chi connectivity index (χ0n) is 19.8. The Kier molecular flexibility index (Phi) is 5.65. The molecule has 3 aromatic rings. The van der Waals surface area contributed by atoms with Gasteiger partial charge in [0.1, 0.15) is 6.04 Å². The van der Waals surface area contributed by atoms with E-state index >= 15 is 0 Å². The second-order valence-electron chi connectivity index (χ2n) is 9.18. The van der Waals surface area contributed by atoms with E-state index in [9.17, 15) is 33.6 Å². The van der Waals surface area contributed by atoms with Gasteiger partial charge in [-0.3, -0.25) is 43.8 Å². The van der Waals surface area contributed by atoms with Gasteiger partial charge in [-0.05, 0) is 24.1 Å². The van der Waals surface area contributed by atoms with Gasteiger partial charge in [-0.25, -0.2) is 0 Å². The van der Waals surface area contributed by atoms with Gasteiger partial charge in [0.2, 0.25) is 17.6 Å². The first-order chi connectivity index (χ1) is 18.7. The van der Waals surface area contributed by atoms with Gasteiger partial charge in [-0.2, -0.15) is 0 Å². The molecule has 2 aromatic carbocycles. The molecule has 39 heavy (non-hydrogen) atoms. The molecular formula is C27H16BrN3O8. The molecule has 1 fully saturated rings. The number of nitrogens with one attached hydrogen (secondary N) is 2. The molecule has 0 bridgehead atoms. The van der Waals surface area contributed by atoms with E-state index in [-0.39, 0.29) is 58.7 Å². The van der Waals surface area contributed by atoms with Gasteiger partial charge in [0.15, 0.2) is 17.3 Å². The van der Waals surface area contributed by atoms with E-state index in [4.69, 9.17) is 4.42 Å². The first-order valence-corrected chi connectivity index (χ1v) is 12.6. The van der Waals surface area contributed by atoms with Gasteiger partial charge >= 0.3 is 0 Å². The monoisotopic (exact) mass is 589 g/mol. The smallest absolute Gasteiger partial charge is 0.287 e. The van der Waals surface area contributed by atoms with Gasteiger partial charge in [-0.15, -0.1) is 0 Å². The lowest BCUT2D eigenvalue weighted by Crippen LogP contribution is -2.54. The Morgan fingerprint density at radius 2 is 1.59 bits per heavy atom. The van der Waals surface area contributed by atoms with Crippen LogP contribution in [-0.2, 0) is 16.1 Å². The van der Waals surface area contributed by atoms with Gasteiger partial charge in [0.25, 0.3) is 17.7 Å². The lowest BCUT2D eigenvalue weighted by molar-refractivity contribution is -0.136. The second kappa shape index (κ2) is 8.95. The van der Waals surface area contributed by atoms with Gasteiger partial charge < -0.3 is 9.73 Å². The number of halogens is 1. The summed E-state index contributed by atoms with van der Waals surface area (Å²) in [6.45, 7) is -0.0972. The van der Waals surface area contributed by atoms with E-state index in [0.717, 1.165) is 4.90 Å². The van der Waals surface area contributed by atoms with Crippen LogP contribution in [0.3, 0.4) is 0 Å². The number of hydrogen-bond donors (Lipinski definition) is 2. The van der Waals surface area contributed by atoms with Crippen molar-refractivity contribution in [1.29, 1.82) is 0 Å². The molecule has 194 valence electrons. The van der Waals surface area contributed by atoms with Crippen LogP contribution in [0.25, 0.3) is 0 Å². The van der Waals surface area contributed by atoms with Crippen molar-refractivity contribution >= 4 is 57.0 Å². The molecule has 3 heterocycles. The number of benzene rings is 2. The second-order valence-corrected chi connectivity index (χ2v) is 10.0. The first-order valence-electron chi connectivity index (χ1n) is 11.8. The number of amides is 5. The predicted octanol–water partition coefficient (Wildman–Crippen LogP) is 2.15. The summed E-state index contributed by atoms with van der Waals surface area (Å²) in [5, 5.41) is 4.77. The van der Waals surface area contributed by atoms with Crippen molar-refractivity contribution < 1.29 is 38.0 Å². The van der Waals surface area contributed by atoms with E-state index in [1.165, 1.54) is 30.3 Å². The highest BCUT2D eigenvalue weighted by atomic mass is 79.9. The molecule has 1 unspecified atom stereocenters. The highest BCUT2D eigenvalue weighted by molar-refractivity contribution is 9.10. The quantitative estimate of drug-likeness (QED) is 0.342. The van der Waals surface area contributed by atoms with Crippen molar-refractivity contribution in [2.75, 3.05) is 0 Å². The Bertz CT molecular complexity index is 1650. The Morgan fingerprint density at radius 3 is 2.28 bits per heavy atom. The molecule has 12 heteroatoms. The topological polar surface area (TPSA) is 160 Å². The number of rotatable bonds is 4. The maximum atomic E-state index is 13.1. The summed E-state index contributed by atoms with van der Waals surface area (Å²) >= 11 is 3.35. The molecule has 1 atom stereocenters. The average molecular weight is 590 g/mol. The van der Waals surface area contributed by atoms with E-state index in [2.05, 4.69) is 26.6 Å². The highest BCUT2D eigenvalue weighted by Crippen LogP contribution is 2.33. The summed E-state index contributed by atoms with van der Waals surface area (Å²) < 4.78 is 5.89. The molecule has 2 N–H and O–H groups in total. The summed E-state index contributed by atoms with van der Waals surface area (Å²) in [5.41, 5.74) is 1.02. The molecule has 1 aromatic heterocycles. The average Bonchev–Trinajstić information content (AvgIpc) is 3.46. The lowest BCUT2D eigenvalue weighted by Gasteiger charge is -2.27. The number of furan rings is 1. The minimum atomic E-state index is -1.10. The van der Waals surface area contributed by atoms with E-state index in [1.807, 2.05) is 0 Å². The van der Waals surface area contributed by atoms with E-state index in [0.29, 0.717) is 10.0 Å². The largest absolute Gasteiger partial charge is 0.447 e. The Hall–Kier alpha value is -4.71. The van der Waals surface area contributed by atoms with E-state index < -0.39 is 47.1 Å². The van der Waals surface area contributed by atoms with Gasteiger partial charge in [0.05, 0.1) is 16.7 Å². The van der Waals surface area contributed by atoms with Gasteiger partial charge in [0, 0.05) is 34.6 Å². The van der Waals surface area contributed by atoms with Crippen LogP contribution >= 0.6 is 15.9 Å². The molecule has 2 aliphatic heterocycles. The van der Waals surface area contributed by atoms with E-state index in [1.54, 1.807) is 12.1 Å². The van der Waals surface area contributed by atoms with Crippen LogP contribution in [0.5, 0.6) is 0 Å². The Morgan fingerprint density at radius 1 is 0.923 bits per heavy atom. The minimum absolute atomic E-state index is 0.000196. The molecule has 3 aliphatic rings. The summed E-state index contributed by atoms with van der Waals surface area (Å²) in [4.78, 5) is 89.1. The Balaban J connectivity index is 1.21. The van der Waals surface area contributed by atoms with Crippen molar-refractivity contribution in [3.63, 3.8) is 0 Å². The van der Waals surface area contributed by atoms with Crippen molar-refractivity contribution in [3.8, 4) is 0 Å². The maximum absolute atomic E-state index is 13.1. The molecule has 1 saturated heterocycles. The number of piperidine rings is 1. The third-order valence-electron chi connectivity index (χ3n) is 6.87. The fourth-order valence-corrected chi connectivity index (χ4v) is 5.40. The first kappa shape index (κ1) is 24.6. The third kappa shape index (κ3) is 3.83. The van der Waals surface area contributed by atoms with Crippen molar-refractivity contribution in [1.82, 2.24) is 15.5 Å². The minimum Gasteiger partial charge on any atom is -0.447 e. The Labute approximate surface area is 227 Å². The van der Waals surface area contributed by atoms with Gasteiger partial charge in [-0.1, -0.05) is 40.2 Å². The number of hydrogen-bond acceptors (Lipinski definition) is 8. The zero-order chi connectivity index (χ0) is 27.6.